The van der Waals surface area contributed by atoms with E-state index in [1.165, 1.54) is 0 Å². The van der Waals surface area contributed by atoms with Gasteiger partial charge in [-0.1, -0.05) is 25.5 Å². The summed E-state index contributed by atoms with van der Waals surface area (Å²) in [5.74, 6) is -1.09. The number of carboxylic acids is 1. The summed E-state index contributed by atoms with van der Waals surface area (Å²) in [5.41, 5.74) is 0.585. The van der Waals surface area contributed by atoms with Gasteiger partial charge in [0.1, 0.15) is 5.75 Å². The summed E-state index contributed by atoms with van der Waals surface area (Å²) >= 11 is 0. The van der Waals surface area contributed by atoms with Gasteiger partial charge in [0.05, 0.1) is 18.6 Å². The zero-order chi connectivity index (χ0) is 13.5. The van der Waals surface area contributed by atoms with Crippen molar-refractivity contribution in [3.63, 3.8) is 0 Å². The average molecular weight is 252 g/mol. The third-order valence-corrected chi connectivity index (χ3v) is 2.81. The summed E-state index contributed by atoms with van der Waals surface area (Å²) in [4.78, 5) is 11.1. The van der Waals surface area contributed by atoms with Gasteiger partial charge in [0.15, 0.2) is 0 Å². The fraction of sp³-hybridized carbons (Fsp3) is 0.500. The molecule has 0 heterocycles. The molecule has 0 amide bonds. The Bertz CT molecular complexity index is 389. The second kappa shape index (κ2) is 7.01. The second-order valence-electron chi connectivity index (χ2n) is 4.18. The highest BCUT2D eigenvalue weighted by Crippen LogP contribution is 2.28. The van der Waals surface area contributed by atoms with Crippen LogP contribution in [0.25, 0.3) is 0 Å². The molecule has 0 saturated heterocycles. The number of hydrogen-bond acceptors (Lipinski definition) is 3. The van der Waals surface area contributed by atoms with Crippen LogP contribution in [0.3, 0.4) is 0 Å². The predicted octanol–water partition coefficient (Wildman–Crippen LogP) is 2.62. The van der Waals surface area contributed by atoms with E-state index in [0.29, 0.717) is 24.3 Å². The lowest BCUT2D eigenvalue weighted by atomic mass is 9.92. The SMILES string of the molecule is CCCC(C(=O)O)C(O)c1cccc(OCC)c1. The molecular weight excluding hydrogens is 232 g/mol. The molecule has 0 aliphatic heterocycles. The van der Waals surface area contributed by atoms with Crippen LogP contribution in [0, 0.1) is 5.92 Å². The third kappa shape index (κ3) is 3.74. The first-order valence-corrected chi connectivity index (χ1v) is 6.23. The third-order valence-electron chi connectivity index (χ3n) is 2.81. The monoisotopic (exact) mass is 252 g/mol. The summed E-state index contributed by atoms with van der Waals surface area (Å²) in [6.07, 6.45) is 0.178. The molecule has 0 aliphatic rings. The van der Waals surface area contributed by atoms with Crippen LogP contribution in [0.5, 0.6) is 5.75 Å². The number of carboxylic acid groups (broad SMARTS) is 1. The van der Waals surface area contributed by atoms with E-state index in [-0.39, 0.29) is 0 Å². The smallest absolute Gasteiger partial charge is 0.309 e. The molecule has 1 aromatic rings. The minimum atomic E-state index is -0.997. The van der Waals surface area contributed by atoms with E-state index in [0.717, 1.165) is 6.42 Å². The van der Waals surface area contributed by atoms with E-state index in [4.69, 9.17) is 9.84 Å². The Balaban J connectivity index is 2.89. The van der Waals surface area contributed by atoms with E-state index >= 15 is 0 Å². The number of aliphatic hydroxyl groups is 1. The molecule has 0 spiro atoms. The van der Waals surface area contributed by atoms with Crippen molar-refractivity contribution in [1.82, 2.24) is 0 Å². The molecular formula is C14H20O4. The van der Waals surface area contributed by atoms with Gasteiger partial charge in [0.25, 0.3) is 0 Å². The first-order chi connectivity index (χ1) is 8.60. The molecule has 0 fully saturated rings. The van der Waals surface area contributed by atoms with Crippen LogP contribution >= 0.6 is 0 Å². The molecule has 2 unspecified atom stereocenters. The molecule has 0 aromatic heterocycles. The highest BCUT2D eigenvalue weighted by atomic mass is 16.5. The maximum absolute atomic E-state index is 11.1. The Morgan fingerprint density at radius 3 is 2.67 bits per heavy atom. The molecule has 4 nitrogen and oxygen atoms in total. The van der Waals surface area contributed by atoms with Crippen molar-refractivity contribution in [2.24, 2.45) is 5.92 Å². The fourth-order valence-corrected chi connectivity index (χ4v) is 1.91. The highest BCUT2D eigenvalue weighted by Gasteiger charge is 2.27. The predicted molar refractivity (Wildman–Crippen MR) is 68.6 cm³/mol. The van der Waals surface area contributed by atoms with Crippen LogP contribution in [0.15, 0.2) is 24.3 Å². The first kappa shape index (κ1) is 14.5. The molecule has 18 heavy (non-hydrogen) atoms. The lowest BCUT2D eigenvalue weighted by molar-refractivity contribution is -0.146. The van der Waals surface area contributed by atoms with E-state index in [1.807, 2.05) is 13.8 Å². The van der Waals surface area contributed by atoms with Crippen LogP contribution in [0.2, 0.25) is 0 Å². The van der Waals surface area contributed by atoms with E-state index in [1.54, 1.807) is 24.3 Å². The van der Waals surface area contributed by atoms with Crippen LogP contribution in [0.1, 0.15) is 38.4 Å². The average Bonchev–Trinajstić information content (AvgIpc) is 2.35. The maximum Gasteiger partial charge on any atom is 0.309 e. The van der Waals surface area contributed by atoms with Crippen molar-refractivity contribution in [2.75, 3.05) is 6.61 Å². The highest BCUT2D eigenvalue weighted by molar-refractivity contribution is 5.71. The van der Waals surface area contributed by atoms with Crippen LogP contribution in [-0.2, 0) is 4.79 Å². The number of ether oxygens (including phenoxy) is 1. The van der Waals surface area contributed by atoms with Crippen molar-refractivity contribution in [2.45, 2.75) is 32.8 Å². The Kier molecular flexibility index (Phi) is 5.65. The van der Waals surface area contributed by atoms with Crippen LogP contribution < -0.4 is 4.74 Å². The van der Waals surface area contributed by atoms with Crippen molar-refractivity contribution < 1.29 is 19.7 Å². The summed E-state index contributed by atoms with van der Waals surface area (Å²) in [6, 6.07) is 6.96. The summed E-state index contributed by atoms with van der Waals surface area (Å²) < 4.78 is 5.34. The molecule has 0 saturated carbocycles. The Hall–Kier alpha value is -1.55. The molecule has 0 radical (unpaired) electrons. The number of benzene rings is 1. The fourth-order valence-electron chi connectivity index (χ4n) is 1.91. The van der Waals surface area contributed by atoms with Gasteiger partial charge >= 0.3 is 5.97 Å². The quantitative estimate of drug-likeness (QED) is 0.782. The van der Waals surface area contributed by atoms with Gasteiger partial charge in [-0.25, -0.2) is 0 Å². The molecule has 1 rings (SSSR count). The largest absolute Gasteiger partial charge is 0.494 e. The maximum atomic E-state index is 11.1. The van der Waals surface area contributed by atoms with E-state index in [9.17, 15) is 9.90 Å². The standard InChI is InChI=1S/C14H20O4/c1-3-6-12(14(16)17)13(15)10-7-5-8-11(9-10)18-4-2/h5,7-9,12-13,15H,3-4,6H2,1-2H3,(H,16,17). The molecule has 0 bridgehead atoms. The van der Waals surface area contributed by atoms with E-state index in [2.05, 4.69) is 0 Å². The van der Waals surface area contributed by atoms with Crippen LogP contribution in [-0.4, -0.2) is 22.8 Å². The number of hydrogen-bond donors (Lipinski definition) is 2. The molecule has 1 aromatic carbocycles. The molecule has 2 atom stereocenters. The van der Waals surface area contributed by atoms with Crippen molar-refractivity contribution in [1.29, 1.82) is 0 Å². The minimum absolute atomic E-state index is 0.454. The molecule has 100 valence electrons. The zero-order valence-electron chi connectivity index (χ0n) is 10.8. The zero-order valence-corrected chi connectivity index (χ0v) is 10.8. The number of rotatable bonds is 7. The Labute approximate surface area is 107 Å². The Morgan fingerprint density at radius 1 is 1.39 bits per heavy atom. The van der Waals surface area contributed by atoms with Crippen molar-refractivity contribution >= 4 is 5.97 Å². The lowest BCUT2D eigenvalue weighted by Crippen LogP contribution is -2.21. The van der Waals surface area contributed by atoms with Gasteiger partial charge in [0, 0.05) is 0 Å². The summed E-state index contributed by atoms with van der Waals surface area (Å²) in [7, 11) is 0. The minimum Gasteiger partial charge on any atom is -0.494 e. The van der Waals surface area contributed by atoms with Crippen molar-refractivity contribution in [3.8, 4) is 5.75 Å². The molecule has 2 N–H and O–H groups in total. The molecule has 4 heteroatoms. The van der Waals surface area contributed by atoms with Gasteiger partial charge in [-0.05, 0) is 31.0 Å². The van der Waals surface area contributed by atoms with Gasteiger partial charge in [-0.15, -0.1) is 0 Å². The summed E-state index contributed by atoms with van der Waals surface area (Å²) in [6.45, 7) is 4.32. The second-order valence-corrected chi connectivity index (χ2v) is 4.18. The van der Waals surface area contributed by atoms with Crippen molar-refractivity contribution in [3.05, 3.63) is 29.8 Å². The van der Waals surface area contributed by atoms with Gasteiger partial charge in [-0.2, -0.15) is 0 Å². The number of carbonyl (C=O) groups is 1. The lowest BCUT2D eigenvalue weighted by Gasteiger charge is -2.19. The topological polar surface area (TPSA) is 66.8 Å². The van der Waals surface area contributed by atoms with Crippen LogP contribution in [0.4, 0.5) is 0 Å². The normalized spacial score (nSPS) is 13.9. The van der Waals surface area contributed by atoms with Gasteiger partial charge in [-0.3, -0.25) is 4.79 Å². The molecule has 0 aliphatic carbocycles. The number of aliphatic carboxylic acids is 1. The summed E-state index contributed by atoms with van der Waals surface area (Å²) in [5, 5.41) is 19.3. The Morgan fingerprint density at radius 2 is 2.11 bits per heavy atom. The van der Waals surface area contributed by atoms with Gasteiger partial charge < -0.3 is 14.9 Å². The number of aliphatic hydroxyl groups excluding tert-OH is 1. The van der Waals surface area contributed by atoms with E-state index < -0.39 is 18.0 Å². The van der Waals surface area contributed by atoms with Gasteiger partial charge in [0.2, 0.25) is 0 Å². The first-order valence-electron chi connectivity index (χ1n) is 6.23.